The number of imide groups is 1. The van der Waals surface area contributed by atoms with Crippen molar-refractivity contribution in [1.29, 1.82) is 5.26 Å². The lowest BCUT2D eigenvalue weighted by molar-refractivity contribution is -0.148. The van der Waals surface area contributed by atoms with Crippen LogP contribution in [0.2, 0.25) is 0 Å². The van der Waals surface area contributed by atoms with Gasteiger partial charge < -0.3 is 5.32 Å². The monoisotopic (exact) mass is 275 g/mol. The van der Waals surface area contributed by atoms with E-state index in [0.717, 1.165) is 4.90 Å². The molecule has 0 aliphatic carbocycles. The van der Waals surface area contributed by atoms with Crippen LogP contribution in [0.4, 0.5) is 4.39 Å². The molecule has 1 heterocycles. The Bertz CT molecular complexity index is 595. The van der Waals surface area contributed by atoms with Crippen molar-refractivity contribution in [2.24, 2.45) is 0 Å². The first-order chi connectivity index (χ1) is 9.52. The van der Waals surface area contributed by atoms with Crippen LogP contribution in [-0.4, -0.2) is 29.8 Å². The van der Waals surface area contributed by atoms with Crippen LogP contribution in [0.3, 0.4) is 0 Å². The Kier molecular flexibility index (Phi) is 4.11. The molecule has 1 fully saturated rings. The minimum Gasteiger partial charge on any atom is -0.302 e. The number of carbonyl (C=O) groups is 2. The van der Waals surface area contributed by atoms with E-state index in [2.05, 4.69) is 5.32 Å². The molecule has 0 saturated carbocycles. The van der Waals surface area contributed by atoms with Crippen LogP contribution in [0.1, 0.15) is 24.0 Å². The summed E-state index contributed by atoms with van der Waals surface area (Å²) in [6, 6.07) is 5.52. The fraction of sp³-hybridized carbons (Fsp3) is 0.357. The third kappa shape index (κ3) is 2.83. The molecule has 1 N–H and O–H groups in total. The Morgan fingerprint density at radius 2 is 2.25 bits per heavy atom. The quantitative estimate of drug-likeness (QED) is 0.833. The van der Waals surface area contributed by atoms with Crippen LogP contribution in [0.15, 0.2) is 18.2 Å². The molecule has 5 nitrogen and oxygen atoms in total. The van der Waals surface area contributed by atoms with Gasteiger partial charge in [0.2, 0.25) is 11.8 Å². The standard InChI is InChI=1S/C14H14FN3O2/c1-18-13(19)5-4-12(14(18)20)17-8-10-6-9(7-16)2-3-11(10)15/h2-3,6,12,17H,4-5,8H2,1H3. The molecular formula is C14H14FN3O2. The van der Waals surface area contributed by atoms with Crippen LogP contribution in [0.25, 0.3) is 0 Å². The van der Waals surface area contributed by atoms with E-state index in [-0.39, 0.29) is 18.4 Å². The minimum atomic E-state index is -0.497. The summed E-state index contributed by atoms with van der Waals surface area (Å²) in [6.07, 6.45) is 0.697. The molecule has 1 unspecified atom stereocenters. The average molecular weight is 275 g/mol. The maximum absolute atomic E-state index is 13.6. The van der Waals surface area contributed by atoms with E-state index < -0.39 is 11.9 Å². The summed E-state index contributed by atoms with van der Waals surface area (Å²) >= 11 is 0. The zero-order valence-electron chi connectivity index (χ0n) is 11.0. The molecule has 104 valence electrons. The van der Waals surface area contributed by atoms with Gasteiger partial charge in [0.05, 0.1) is 17.7 Å². The highest BCUT2D eigenvalue weighted by molar-refractivity contribution is 6.00. The van der Waals surface area contributed by atoms with Gasteiger partial charge in [-0.3, -0.25) is 14.5 Å². The Labute approximate surface area is 116 Å². The van der Waals surface area contributed by atoms with Gasteiger partial charge in [-0.05, 0) is 24.6 Å². The molecule has 1 atom stereocenters. The number of likely N-dealkylation sites (N-methyl/N-ethyl adjacent to an activating group) is 1. The van der Waals surface area contributed by atoms with Crippen LogP contribution >= 0.6 is 0 Å². The molecular weight excluding hydrogens is 261 g/mol. The molecule has 1 aromatic rings. The lowest BCUT2D eigenvalue weighted by atomic mass is 10.0. The van der Waals surface area contributed by atoms with E-state index >= 15 is 0 Å². The summed E-state index contributed by atoms with van der Waals surface area (Å²) in [5, 5.41) is 11.7. The molecule has 0 radical (unpaired) electrons. The van der Waals surface area contributed by atoms with Gasteiger partial charge in [-0.25, -0.2) is 4.39 Å². The maximum atomic E-state index is 13.6. The molecule has 1 saturated heterocycles. The zero-order chi connectivity index (χ0) is 14.7. The largest absolute Gasteiger partial charge is 0.302 e. The highest BCUT2D eigenvalue weighted by atomic mass is 19.1. The molecule has 0 spiro atoms. The summed E-state index contributed by atoms with van der Waals surface area (Å²) in [5.74, 6) is -0.937. The predicted octanol–water partition coefficient (Wildman–Crippen LogP) is 0.934. The van der Waals surface area contributed by atoms with Gasteiger partial charge in [-0.2, -0.15) is 5.26 Å². The van der Waals surface area contributed by atoms with E-state index in [0.29, 0.717) is 24.0 Å². The lowest BCUT2D eigenvalue weighted by Gasteiger charge is -2.28. The number of benzene rings is 1. The van der Waals surface area contributed by atoms with Crippen LogP contribution in [-0.2, 0) is 16.1 Å². The topological polar surface area (TPSA) is 73.2 Å². The second-order valence-electron chi connectivity index (χ2n) is 4.68. The summed E-state index contributed by atoms with van der Waals surface area (Å²) in [4.78, 5) is 24.3. The first-order valence-corrected chi connectivity index (χ1v) is 6.25. The number of nitrogens with one attached hydrogen (secondary N) is 1. The average Bonchev–Trinajstić information content (AvgIpc) is 2.45. The van der Waals surface area contributed by atoms with Gasteiger partial charge in [0.15, 0.2) is 0 Å². The molecule has 6 heteroatoms. The smallest absolute Gasteiger partial charge is 0.246 e. The fourth-order valence-electron chi connectivity index (χ4n) is 2.12. The first kappa shape index (κ1) is 14.2. The number of amides is 2. The summed E-state index contributed by atoms with van der Waals surface area (Å²) < 4.78 is 13.6. The first-order valence-electron chi connectivity index (χ1n) is 6.25. The Hall–Kier alpha value is -2.26. The van der Waals surface area contributed by atoms with Gasteiger partial charge in [0, 0.05) is 25.6 Å². The van der Waals surface area contributed by atoms with Crippen molar-refractivity contribution in [1.82, 2.24) is 10.2 Å². The second kappa shape index (κ2) is 5.80. The van der Waals surface area contributed by atoms with Gasteiger partial charge in [0.1, 0.15) is 5.82 Å². The normalized spacial score (nSPS) is 19.1. The van der Waals surface area contributed by atoms with E-state index in [4.69, 9.17) is 5.26 Å². The summed E-state index contributed by atoms with van der Waals surface area (Å²) in [5.41, 5.74) is 0.696. The van der Waals surface area contributed by atoms with Crippen molar-refractivity contribution in [2.45, 2.75) is 25.4 Å². The maximum Gasteiger partial charge on any atom is 0.246 e. The van der Waals surface area contributed by atoms with Crippen LogP contribution in [0, 0.1) is 17.1 Å². The van der Waals surface area contributed by atoms with Gasteiger partial charge in [-0.1, -0.05) is 0 Å². The van der Waals surface area contributed by atoms with Crippen molar-refractivity contribution >= 4 is 11.8 Å². The lowest BCUT2D eigenvalue weighted by Crippen LogP contribution is -2.51. The molecule has 1 aliphatic rings. The SMILES string of the molecule is CN1C(=O)CCC(NCc2cc(C#N)ccc2F)C1=O. The third-order valence-electron chi connectivity index (χ3n) is 3.36. The number of piperidine rings is 1. The highest BCUT2D eigenvalue weighted by Gasteiger charge is 2.31. The minimum absolute atomic E-state index is 0.139. The van der Waals surface area contributed by atoms with Gasteiger partial charge in [0.25, 0.3) is 0 Å². The molecule has 2 rings (SSSR count). The Morgan fingerprint density at radius 3 is 2.95 bits per heavy atom. The number of hydrogen-bond donors (Lipinski definition) is 1. The predicted molar refractivity (Wildman–Crippen MR) is 68.8 cm³/mol. The molecule has 2 amide bonds. The Balaban J connectivity index is 2.04. The van der Waals surface area contributed by atoms with Crippen LogP contribution in [0.5, 0.6) is 0 Å². The molecule has 0 bridgehead atoms. The number of carbonyl (C=O) groups excluding carboxylic acids is 2. The van der Waals surface area contributed by atoms with Crippen molar-refractivity contribution in [3.05, 3.63) is 35.1 Å². The highest BCUT2D eigenvalue weighted by Crippen LogP contribution is 2.14. The van der Waals surface area contributed by atoms with Crippen LogP contribution < -0.4 is 5.32 Å². The molecule has 0 aromatic heterocycles. The van der Waals surface area contributed by atoms with Crippen molar-refractivity contribution in [3.8, 4) is 6.07 Å². The van der Waals surface area contributed by atoms with Crippen molar-refractivity contribution < 1.29 is 14.0 Å². The molecule has 1 aliphatic heterocycles. The van der Waals surface area contributed by atoms with E-state index in [1.807, 2.05) is 6.07 Å². The zero-order valence-corrected chi connectivity index (χ0v) is 11.0. The number of halogens is 1. The number of rotatable bonds is 3. The summed E-state index contributed by atoms with van der Waals surface area (Å²) in [6.45, 7) is 0.139. The van der Waals surface area contributed by atoms with E-state index in [1.54, 1.807) is 0 Å². The molecule has 20 heavy (non-hydrogen) atoms. The third-order valence-corrected chi connectivity index (χ3v) is 3.36. The number of hydrogen-bond acceptors (Lipinski definition) is 4. The van der Waals surface area contributed by atoms with Crippen molar-refractivity contribution in [3.63, 3.8) is 0 Å². The van der Waals surface area contributed by atoms with Gasteiger partial charge in [-0.15, -0.1) is 0 Å². The van der Waals surface area contributed by atoms with E-state index in [1.165, 1.54) is 25.2 Å². The number of nitriles is 1. The number of likely N-dealkylation sites (tertiary alicyclic amines) is 1. The van der Waals surface area contributed by atoms with E-state index in [9.17, 15) is 14.0 Å². The molecule has 1 aromatic carbocycles. The Morgan fingerprint density at radius 1 is 1.50 bits per heavy atom. The van der Waals surface area contributed by atoms with Crippen molar-refractivity contribution in [2.75, 3.05) is 7.05 Å². The second-order valence-corrected chi connectivity index (χ2v) is 4.68. The fourth-order valence-corrected chi connectivity index (χ4v) is 2.12. The number of nitrogens with zero attached hydrogens (tertiary/aromatic N) is 2. The summed E-state index contributed by atoms with van der Waals surface area (Å²) in [7, 11) is 1.44. The van der Waals surface area contributed by atoms with Gasteiger partial charge >= 0.3 is 0 Å².